The van der Waals surface area contributed by atoms with Crippen LogP contribution in [0, 0.1) is 0 Å². The van der Waals surface area contributed by atoms with Crippen molar-refractivity contribution in [3.05, 3.63) is 36.5 Å². The number of aromatic nitrogens is 1. The predicted molar refractivity (Wildman–Crippen MR) is 78.2 cm³/mol. The molecule has 1 aromatic heterocycles. The van der Waals surface area contributed by atoms with Gasteiger partial charge in [0.1, 0.15) is 0 Å². The standard InChI is InChI=1S/C14H17N3O3S/c1-11-10-17(9-8-15-11)21(18,19)14-5-3-2-4-12(14)13-6-7-16-20-13/h2-7,11,15H,8-10H2,1H3. The lowest BCUT2D eigenvalue weighted by molar-refractivity contribution is 0.310. The Labute approximate surface area is 123 Å². The van der Waals surface area contributed by atoms with Crippen LogP contribution in [-0.4, -0.2) is 43.6 Å². The van der Waals surface area contributed by atoms with Crippen LogP contribution in [0.2, 0.25) is 0 Å². The lowest BCUT2D eigenvalue weighted by atomic mass is 10.2. The summed E-state index contributed by atoms with van der Waals surface area (Å²) in [6, 6.07) is 8.66. The van der Waals surface area contributed by atoms with Gasteiger partial charge in [-0.05, 0) is 19.1 Å². The van der Waals surface area contributed by atoms with Crippen LogP contribution in [-0.2, 0) is 10.0 Å². The molecule has 6 nitrogen and oxygen atoms in total. The van der Waals surface area contributed by atoms with Crippen LogP contribution in [0.5, 0.6) is 0 Å². The van der Waals surface area contributed by atoms with E-state index < -0.39 is 10.0 Å². The number of rotatable bonds is 3. The zero-order valence-corrected chi connectivity index (χ0v) is 12.5. The molecule has 0 radical (unpaired) electrons. The maximum absolute atomic E-state index is 12.9. The summed E-state index contributed by atoms with van der Waals surface area (Å²) in [5.74, 6) is 0.456. The molecule has 0 spiro atoms. The van der Waals surface area contributed by atoms with Crippen LogP contribution in [0.15, 0.2) is 45.9 Å². The van der Waals surface area contributed by atoms with E-state index in [-0.39, 0.29) is 10.9 Å². The quantitative estimate of drug-likeness (QED) is 0.925. The molecule has 1 aromatic carbocycles. The van der Waals surface area contributed by atoms with E-state index in [1.54, 1.807) is 30.3 Å². The summed E-state index contributed by atoms with van der Waals surface area (Å²) in [5, 5.41) is 6.90. The van der Waals surface area contributed by atoms with Gasteiger partial charge in [0.15, 0.2) is 5.76 Å². The molecule has 1 saturated heterocycles. The first kappa shape index (κ1) is 14.2. The number of benzene rings is 1. The molecule has 21 heavy (non-hydrogen) atoms. The molecule has 0 saturated carbocycles. The van der Waals surface area contributed by atoms with Gasteiger partial charge < -0.3 is 9.84 Å². The number of piperazine rings is 1. The first-order chi connectivity index (χ1) is 10.1. The maximum atomic E-state index is 12.9. The van der Waals surface area contributed by atoms with Gasteiger partial charge in [-0.3, -0.25) is 0 Å². The van der Waals surface area contributed by atoms with Crippen molar-refractivity contribution < 1.29 is 12.9 Å². The van der Waals surface area contributed by atoms with Crippen LogP contribution >= 0.6 is 0 Å². The van der Waals surface area contributed by atoms with Gasteiger partial charge in [0.25, 0.3) is 0 Å². The molecule has 112 valence electrons. The Bertz CT molecular complexity index is 713. The monoisotopic (exact) mass is 307 g/mol. The van der Waals surface area contributed by atoms with Gasteiger partial charge in [-0.25, -0.2) is 8.42 Å². The first-order valence-corrected chi connectivity index (χ1v) is 8.26. The van der Waals surface area contributed by atoms with E-state index in [0.29, 0.717) is 31.0 Å². The summed E-state index contributed by atoms with van der Waals surface area (Å²) in [6.45, 7) is 3.57. The van der Waals surface area contributed by atoms with Crippen molar-refractivity contribution >= 4 is 10.0 Å². The molecule has 1 atom stereocenters. The van der Waals surface area contributed by atoms with Crippen molar-refractivity contribution in [3.63, 3.8) is 0 Å². The molecule has 1 aliphatic rings. The van der Waals surface area contributed by atoms with Crippen LogP contribution in [0.25, 0.3) is 11.3 Å². The van der Waals surface area contributed by atoms with Crippen molar-refractivity contribution in [1.29, 1.82) is 0 Å². The topological polar surface area (TPSA) is 75.4 Å². The third kappa shape index (κ3) is 2.72. The van der Waals surface area contributed by atoms with Crippen LogP contribution in [0.3, 0.4) is 0 Å². The van der Waals surface area contributed by atoms with Crippen molar-refractivity contribution in [2.75, 3.05) is 19.6 Å². The lowest BCUT2D eigenvalue weighted by Crippen LogP contribution is -2.51. The fourth-order valence-corrected chi connectivity index (χ4v) is 4.23. The van der Waals surface area contributed by atoms with E-state index in [2.05, 4.69) is 10.5 Å². The second-order valence-electron chi connectivity index (χ2n) is 5.09. The van der Waals surface area contributed by atoms with Gasteiger partial charge in [0.2, 0.25) is 10.0 Å². The molecule has 2 heterocycles. The molecule has 1 N–H and O–H groups in total. The Kier molecular flexibility index (Phi) is 3.79. The zero-order chi connectivity index (χ0) is 14.9. The van der Waals surface area contributed by atoms with E-state index in [1.807, 2.05) is 6.92 Å². The Morgan fingerprint density at radius 2 is 2.14 bits per heavy atom. The summed E-state index contributed by atoms with van der Waals surface area (Å²) in [5.41, 5.74) is 0.543. The van der Waals surface area contributed by atoms with Crippen molar-refractivity contribution in [1.82, 2.24) is 14.8 Å². The Morgan fingerprint density at radius 1 is 1.33 bits per heavy atom. The van der Waals surface area contributed by atoms with Gasteiger partial charge in [-0.15, -0.1) is 0 Å². The van der Waals surface area contributed by atoms with Gasteiger partial charge in [0.05, 0.1) is 11.1 Å². The Morgan fingerprint density at radius 3 is 2.86 bits per heavy atom. The van der Waals surface area contributed by atoms with E-state index >= 15 is 0 Å². The molecule has 0 bridgehead atoms. The van der Waals surface area contributed by atoms with Crippen LogP contribution < -0.4 is 5.32 Å². The molecular formula is C14H17N3O3S. The van der Waals surface area contributed by atoms with Crippen molar-refractivity contribution in [3.8, 4) is 11.3 Å². The molecule has 3 rings (SSSR count). The summed E-state index contributed by atoms with van der Waals surface area (Å²) in [7, 11) is -3.55. The summed E-state index contributed by atoms with van der Waals surface area (Å²) in [4.78, 5) is 0.260. The van der Waals surface area contributed by atoms with Gasteiger partial charge in [0, 0.05) is 37.3 Å². The summed E-state index contributed by atoms with van der Waals surface area (Å²) < 4.78 is 32.4. The third-order valence-electron chi connectivity index (χ3n) is 3.54. The predicted octanol–water partition coefficient (Wildman–Crippen LogP) is 1.32. The fourth-order valence-electron chi connectivity index (χ4n) is 2.50. The summed E-state index contributed by atoms with van der Waals surface area (Å²) in [6.07, 6.45) is 1.51. The largest absolute Gasteiger partial charge is 0.356 e. The highest BCUT2D eigenvalue weighted by Gasteiger charge is 2.30. The van der Waals surface area contributed by atoms with E-state index in [1.165, 1.54) is 10.5 Å². The lowest BCUT2D eigenvalue weighted by Gasteiger charge is -2.31. The summed E-state index contributed by atoms with van der Waals surface area (Å²) >= 11 is 0. The minimum absolute atomic E-state index is 0.144. The highest BCUT2D eigenvalue weighted by molar-refractivity contribution is 7.89. The second-order valence-corrected chi connectivity index (χ2v) is 7.00. The third-order valence-corrected chi connectivity index (χ3v) is 5.46. The highest BCUT2D eigenvalue weighted by atomic mass is 32.2. The van der Waals surface area contributed by atoms with Crippen molar-refractivity contribution in [2.24, 2.45) is 0 Å². The Hall–Kier alpha value is -1.70. The van der Waals surface area contributed by atoms with E-state index in [4.69, 9.17) is 4.52 Å². The average molecular weight is 307 g/mol. The second kappa shape index (κ2) is 5.59. The minimum Gasteiger partial charge on any atom is -0.356 e. The van der Waals surface area contributed by atoms with Crippen LogP contribution in [0.1, 0.15) is 6.92 Å². The first-order valence-electron chi connectivity index (χ1n) is 6.82. The molecule has 0 aliphatic carbocycles. The number of nitrogens with zero attached hydrogens (tertiary/aromatic N) is 2. The number of hydrogen-bond donors (Lipinski definition) is 1. The molecule has 1 fully saturated rings. The number of sulfonamides is 1. The zero-order valence-electron chi connectivity index (χ0n) is 11.7. The number of nitrogens with one attached hydrogen (secondary N) is 1. The highest BCUT2D eigenvalue weighted by Crippen LogP contribution is 2.29. The van der Waals surface area contributed by atoms with E-state index in [9.17, 15) is 8.42 Å². The maximum Gasteiger partial charge on any atom is 0.243 e. The average Bonchev–Trinajstić information content (AvgIpc) is 3.01. The molecule has 1 aliphatic heterocycles. The molecular weight excluding hydrogens is 290 g/mol. The van der Waals surface area contributed by atoms with Gasteiger partial charge in [-0.2, -0.15) is 4.31 Å². The Balaban J connectivity index is 2.03. The normalized spacial score (nSPS) is 20.5. The molecule has 7 heteroatoms. The number of hydrogen-bond acceptors (Lipinski definition) is 5. The van der Waals surface area contributed by atoms with Crippen molar-refractivity contribution in [2.45, 2.75) is 17.9 Å². The van der Waals surface area contributed by atoms with E-state index in [0.717, 1.165) is 0 Å². The van der Waals surface area contributed by atoms with Crippen LogP contribution in [0.4, 0.5) is 0 Å². The fraction of sp³-hybridized carbons (Fsp3) is 0.357. The van der Waals surface area contributed by atoms with Gasteiger partial charge >= 0.3 is 0 Å². The molecule has 2 aromatic rings. The smallest absolute Gasteiger partial charge is 0.243 e. The minimum atomic E-state index is -3.55. The molecule has 0 amide bonds. The SMILES string of the molecule is CC1CN(S(=O)(=O)c2ccccc2-c2ccno2)CCN1. The van der Waals surface area contributed by atoms with Gasteiger partial charge in [-0.1, -0.05) is 17.3 Å². The molecule has 1 unspecified atom stereocenters.